The Labute approximate surface area is 104 Å². The molecule has 1 aliphatic rings. The van der Waals surface area contributed by atoms with Gasteiger partial charge in [-0.05, 0) is 13.3 Å². The van der Waals surface area contributed by atoms with Crippen LogP contribution in [0.5, 0.6) is 0 Å². The highest BCUT2D eigenvalue weighted by molar-refractivity contribution is 6.27. The molecule has 18 heavy (non-hydrogen) atoms. The average Bonchev–Trinajstić information content (AvgIpc) is 2.58. The predicted octanol–water partition coefficient (Wildman–Crippen LogP) is 0.338. The van der Waals surface area contributed by atoms with E-state index in [-0.39, 0.29) is 0 Å². The molecule has 7 nitrogen and oxygen atoms in total. The molecule has 7 heteroatoms. The number of aromatic nitrogens is 2. The van der Waals surface area contributed by atoms with Crippen molar-refractivity contribution in [2.24, 2.45) is 13.0 Å². The molecule has 1 unspecified atom stereocenters. The normalized spacial score (nSPS) is 20.3. The molecule has 2 heterocycles. The van der Waals surface area contributed by atoms with Crippen LogP contribution in [-0.4, -0.2) is 27.6 Å². The summed E-state index contributed by atoms with van der Waals surface area (Å²) in [7, 11) is 1.70. The van der Waals surface area contributed by atoms with Crippen LogP contribution in [0.15, 0.2) is 6.20 Å². The summed E-state index contributed by atoms with van der Waals surface area (Å²) in [4.78, 5) is 36.4. The Balaban J connectivity index is 2.43. The summed E-state index contributed by atoms with van der Waals surface area (Å²) in [6.45, 7) is 3.43. The van der Waals surface area contributed by atoms with Crippen LogP contribution in [0.1, 0.15) is 19.0 Å². The van der Waals surface area contributed by atoms with Gasteiger partial charge < -0.3 is 0 Å². The number of nitrogens with one attached hydrogen (secondary N) is 1. The lowest BCUT2D eigenvalue weighted by atomic mass is 10.0. The second-order valence-electron chi connectivity index (χ2n) is 4.20. The molecule has 1 saturated heterocycles. The molecule has 96 valence electrons. The van der Waals surface area contributed by atoms with Crippen molar-refractivity contribution in [3.8, 4) is 0 Å². The molecular weight excluding hydrogens is 236 g/mol. The maximum Gasteiger partial charge on any atom is 0.335 e. The van der Waals surface area contributed by atoms with Gasteiger partial charge in [0.2, 0.25) is 11.8 Å². The molecule has 1 aromatic heterocycles. The topological polar surface area (TPSA) is 84.3 Å². The maximum absolute atomic E-state index is 12.1. The van der Waals surface area contributed by atoms with Gasteiger partial charge in [0.1, 0.15) is 5.92 Å². The van der Waals surface area contributed by atoms with Crippen molar-refractivity contribution >= 4 is 23.5 Å². The van der Waals surface area contributed by atoms with Crippen molar-refractivity contribution in [1.82, 2.24) is 15.1 Å². The fourth-order valence-corrected chi connectivity index (χ4v) is 2.01. The number of amides is 4. The minimum atomic E-state index is -0.817. The fourth-order valence-electron chi connectivity index (χ4n) is 2.01. The van der Waals surface area contributed by atoms with Crippen LogP contribution in [0.2, 0.25) is 0 Å². The van der Waals surface area contributed by atoms with E-state index in [0.717, 1.165) is 4.90 Å². The van der Waals surface area contributed by atoms with E-state index in [1.807, 2.05) is 0 Å². The summed E-state index contributed by atoms with van der Waals surface area (Å²) >= 11 is 0. The monoisotopic (exact) mass is 250 g/mol. The van der Waals surface area contributed by atoms with Crippen molar-refractivity contribution in [3.05, 3.63) is 11.9 Å². The zero-order valence-corrected chi connectivity index (χ0v) is 10.4. The first-order chi connectivity index (χ1) is 8.45. The van der Waals surface area contributed by atoms with Gasteiger partial charge in [0, 0.05) is 13.2 Å². The van der Waals surface area contributed by atoms with E-state index in [1.165, 1.54) is 4.68 Å². The van der Waals surface area contributed by atoms with Gasteiger partial charge in [0.15, 0.2) is 0 Å². The smallest absolute Gasteiger partial charge is 0.277 e. The second kappa shape index (κ2) is 4.25. The Bertz CT molecular complexity index is 534. The van der Waals surface area contributed by atoms with Gasteiger partial charge in [-0.15, -0.1) is 0 Å². The quantitative estimate of drug-likeness (QED) is 0.767. The molecule has 0 aromatic carbocycles. The first kappa shape index (κ1) is 12.3. The second-order valence-corrected chi connectivity index (χ2v) is 4.20. The molecule has 0 spiro atoms. The summed E-state index contributed by atoms with van der Waals surface area (Å²) in [5, 5.41) is 6.27. The van der Waals surface area contributed by atoms with Gasteiger partial charge in [-0.25, -0.2) is 9.69 Å². The summed E-state index contributed by atoms with van der Waals surface area (Å²) in [6, 6.07) is -0.717. The highest BCUT2D eigenvalue weighted by Crippen LogP contribution is 2.24. The molecule has 1 aromatic rings. The number of barbiturate groups is 1. The number of urea groups is 1. The largest absolute Gasteiger partial charge is 0.335 e. The van der Waals surface area contributed by atoms with Crippen LogP contribution in [0, 0.1) is 12.8 Å². The maximum atomic E-state index is 12.1. The Hall–Kier alpha value is -2.18. The van der Waals surface area contributed by atoms with Crippen molar-refractivity contribution in [3.63, 3.8) is 0 Å². The molecular formula is C11H14N4O3. The lowest BCUT2D eigenvalue weighted by Crippen LogP contribution is -2.58. The van der Waals surface area contributed by atoms with Crippen LogP contribution in [-0.2, 0) is 16.6 Å². The van der Waals surface area contributed by atoms with E-state index >= 15 is 0 Å². The number of rotatable bonds is 2. The van der Waals surface area contributed by atoms with Crippen molar-refractivity contribution in [2.75, 3.05) is 4.90 Å². The summed E-state index contributed by atoms with van der Waals surface area (Å²) in [5.41, 5.74) is 0.969. The first-order valence-corrected chi connectivity index (χ1v) is 5.64. The fraction of sp³-hybridized carbons (Fsp3) is 0.455. The average molecular weight is 250 g/mol. The third-order valence-corrected chi connectivity index (χ3v) is 2.90. The highest BCUT2D eigenvalue weighted by Gasteiger charge is 2.41. The van der Waals surface area contributed by atoms with E-state index in [0.29, 0.717) is 17.8 Å². The van der Waals surface area contributed by atoms with Gasteiger partial charge in [-0.3, -0.25) is 19.6 Å². The number of anilines is 1. The van der Waals surface area contributed by atoms with Crippen molar-refractivity contribution in [2.45, 2.75) is 20.3 Å². The molecule has 4 amide bonds. The van der Waals surface area contributed by atoms with Crippen LogP contribution < -0.4 is 10.2 Å². The van der Waals surface area contributed by atoms with Gasteiger partial charge >= 0.3 is 6.03 Å². The number of carbonyl (C=O) groups is 3. The Kier molecular flexibility index (Phi) is 2.90. The Morgan fingerprint density at radius 1 is 1.39 bits per heavy atom. The van der Waals surface area contributed by atoms with E-state index in [4.69, 9.17) is 0 Å². The van der Waals surface area contributed by atoms with Crippen molar-refractivity contribution in [1.29, 1.82) is 0 Å². The molecule has 0 aliphatic carbocycles. The van der Waals surface area contributed by atoms with Gasteiger partial charge in [-0.1, -0.05) is 6.92 Å². The summed E-state index contributed by atoms with van der Waals surface area (Å²) in [5.74, 6) is -1.85. The van der Waals surface area contributed by atoms with Crippen molar-refractivity contribution < 1.29 is 14.4 Å². The minimum Gasteiger partial charge on any atom is -0.277 e. The molecule has 1 atom stereocenters. The molecule has 0 radical (unpaired) electrons. The molecule has 1 fully saturated rings. The SMILES string of the molecule is CCC1C(=O)NC(=O)N(c2cn(C)nc2C)C1=O. The standard InChI is InChI=1S/C11H14N4O3/c1-4-7-9(16)12-11(18)15(10(7)17)8-5-14(3)13-6(8)2/h5,7H,4H2,1-3H3,(H,12,16,18). The number of imide groups is 2. The number of aryl methyl sites for hydroxylation is 2. The van der Waals surface area contributed by atoms with Crippen LogP contribution in [0.3, 0.4) is 0 Å². The van der Waals surface area contributed by atoms with Crippen LogP contribution in [0.4, 0.5) is 10.5 Å². The van der Waals surface area contributed by atoms with Crippen LogP contribution >= 0.6 is 0 Å². The Morgan fingerprint density at radius 2 is 2.06 bits per heavy atom. The lowest BCUT2D eigenvalue weighted by molar-refractivity contribution is -0.134. The van der Waals surface area contributed by atoms with E-state index in [2.05, 4.69) is 10.4 Å². The highest BCUT2D eigenvalue weighted by atomic mass is 16.2. The third-order valence-electron chi connectivity index (χ3n) is 2.90. The van der Waals surface area contributed by atoms with Gasteiger partial charge in [0.25, 0.3) is 0 Å². The minimum absolute atomic E-state index is 0.355. The number of carbonyl (C=O) groups excluding carboxylic acids is 3. The lowest BCUT2D eigenvalue weighted by Gasteiger charge is -2.28. The third kappa shape index (κ3) is 1.77. The number of hydrogen-bond donors (Lipinski definition) is 1. The van der Waals surface area contributed by atoms with E-state index < -0.39 is 23.8 Å². The summed E-state index contributed by atoms with van der Waals surface area (Å²) < 4.78 is 1.52. The van der Waals surface area contributed by atoms with E-state index in [1.54, 1.807) is 27.1 Å². The van der Waals surface area contributed by atoms with E-state index in [9.17, 15) is 14.4 Å². The molecule has 2 rings (SSSR count). The number of nitrogens with zero attached hydrogens (tertiary/aromatic N) is 3. The Morgan fingerprint density at radius 3 is 2.56 bits per heavy atom. The summed E-state index contributed by atoms with van der Waals surface area (Å²) in [6.07, 6.45) is 1.93. The first-order valence-electron chi connectivity index (χ1n) is 5.64. The van der Waals surface area contributed by atoms with Crippen LogP contribution in [0.25, 0.3) is 0 Å². The number of hydrogen-bond acceptors (Lipinski definition) is 4. The molecule has 1 N–H and O–H groups in total. The zero-order chi connectivity index (χ0) is 13.4. The van der Waals surface area contributed by atoms with Gasteiger partial charge in [-0.2, -0.15) is 5.10 Å². The molecule has 0 saturated carbocycles. The molecule has 1 aliphatic heterocycles. The predicted molar refractivity (Wildman–Crippen MR) is 62.8 cm³/mol. The zero-order valence-electron chi connectivity index (χ0n) is 10.4. The molecule has 0 bridgehead atoms. The van der Waals surface area contributed by atoms with Gasteiger partial charge in [0.05, 0.1) is 11.4 Å².